The van der Waals surface area contributed by atoms with Gasteiger partial charge in [-0.3, -0.25) is 4.90 Å². The summed E-state index contributed by atoms with van der Waals surface area (Å²) in [5.74, 6) is -0.173. The third kappa shape index (κ3) is 2.58. The van der Waals surface area contributed by atoms with Gasteiger partial charge in [0.2, 0.25) is 0 Å². The lowest BCUT2D eigenvalue weighted by Crippen LogP contribution is -2.48. The average molecular weight is 362 g/mol. The number of allylic oxidation sites excluding steroid dienone is 1. The largest absolute Gasteiger partial charge is 0.449 e. The molecule has 2 fully saturated rings. The monoisotopic (exact) mass is 362 g/mol. The summed E-state index contributed by atoms with van der Waals surface area (Å²) < 4.78 is 5.98. The van der Waals surface area contributed by atoms with E-state index in [1.165, 1.54) is 18.5 Å². The zero-order valence-electron chi connectivity index (χ0n) is 16.0. The number of piperidine rings is 1. The Morgan fingerprint density at radius 2 is 2.00 bits per heavy atom. The molecule has 1 aromatic carbocycles. The first-order valence-electron chi connectivity index (χ1n) is 9.95. The molecular weight excluding hydrogens is 336 g/mol. The van der Waals surface area contributed by atoms with E-state index in [1.54, 1.807) is 6.08 Å². The molecule has 0 unspecified atom stereocenters. The number of nitrogens with zero attached hydrogens (tertiary/aromatic N) is 2. The Balaban J connectivity index is 1.47. The Morgan fingerprint density at radius 1 is 1.19 bits per heavy atom. The van der Waals surface area contributed by atoms with E-state index in [0.29, 0.717) is 12.1 Å². The maximum atomic E-state index is 12.2. The maximum absolute atomic E-state index is 12.2. The zero-order chi connectivity index (χ0) is 18.6. The van der Waals surface area contributed by atoms with Crippen molar-refractivity contribution in [1.82, 2.24) is 4.90 Å². The van der Waals surface area contributed by atoms with Gasteiger partial charge in [-0.05, 0) is 42.7 Å². The third-order valence-electron chi connectivity index (χ3n) is 6.57. The minimum absolute atomic E-state index is 0.173. The van der Waals surface area contributed by atoms with Crippen molar-refractivity contribution >= 4 is 17.7 Å². The highest BCUT2D eigenvalue weighted by atomic mass is 16.6. The molecule has 4 heteroatoms. The smallest absolute Gasteiger partial charge is 0.332 e. The van der Waals surface area contributed by atoms with Crippen LogP contribution in [0.25, 0.3) is 6.08 Å². The van der Waals surface area contributed by atoms with Crippen molar-refractivity contribution in [3.8, 4) is 0 Å². The second-order valence-electron chi connectivity index (χ2n) is 8.33. The molecular formula is C23H26N2O2. The molecule has 2 saturated heterocycles. The highest BCUT2D eigenvalue weighted by molar-refractivity contribution is 5.90. The lowest BCUT2D eigenvalue weighted by Gasteiger charge is -2.38. The quantitative estimate of drug-likeness (QED) is 0.770. The number of ether oxygens (including phenoxy) is 1. The van der Waals surface area contributed by atoms with Gasteiger partial charge in [0.1, 0.15) is 0 Å². The molecule has 5 rings (SSSR count). The first kappa shape index (κ1) is 16.8. The number of hydrogen-bond donors (Lipinski definition) is 0. The minimum Gasteiger partial charge on any atom is -0.449 e. The molecule has 0 saturated carbocycles. The Kier molecular flexibility index (Phi) is 3.80. The number of rotatable bonds is 3. The molecule has 27 heavy (non-hydrogen) atoms. The van der Waals surface area contributed by atoms with Gasteiger partial charge in [-0.2, -0.15) is 0 Å². The van der Waals surface area contributed by atoms with Crippen LogP contribution in [0.2, 0.25) is 0 Å². The van der Waals surface area contributed by atoms with Crippen molar-refractivity contribution in [3.63, 3.8) is 0 Å². The first-order chi connectivity index (χ1) is 13.1. The Hall–Kier alpha value is -2.33. The van der Waals surface area contributed by atoms with Gasteiger partial charge in [0.25, 0.3) is 0 Å². The molecule has 0 radical (unpaired) electrons. The molecule has 1 spiro atoms. The van der Waals surface area contributed by atoms with E-state index in [9.17, 15) is 4.79 Å². The Labute approximate surface area is 160 Å². The van der Waals surface area contributed by atoms with Gasteiger partial charge in [-0.1, -0.05) is 36.8 Å². The SMILES string of the molecule is CN(C)c1ccc(C=CC2=C[C@@H]3C[C@@]4(OC(=O)C=C24)[C@H]2CCCCN32)cc1. The van der Waals surface area contributed by atoms with Crippen molar-refractivity contribution in [2.45, 2.75) is 43.4 Å². The number of benzene rings is 1. The average Bonchev–Trinajstić information content (AvgIpc) is 3.15. The highest BCUT2D eigenvalue weighted by Crippen LogP contribution is 2.53. The van der Waals surface area contributed by atoms with Crippen LogP contribution in [0.5, 0.6) is 0 Å². The highest BCUT2D eigenvalue weighted by Gasteiger charge is 2.61. The summed E-state index contributed by atoms with van der Waals surface area (Å²) in [6.45, 7) is 1.11. The van der Waals surface area contributed by atoms with E-state index in [-0.39, 0.29) is 5.97 Å². The van der Waals surface area contributed by atoms with Crippen LogP contribution in [0.4, 0.5) is 5.69 Å². The molecule has 0 N–H and O–H groups in total. The molecule has 0 aromatic heterocycles. The summed E-state index contributed by atoms with van der Waals surface area (Å²) in [7, 11) is 4.09. The number of carbonyl (C=O) groups excluding carboxylic acids is 1. The van der Waals surface area contributed by atoms with Crippen LogP contribution in [0.1, 0.15) is 31.2 Å². The normalized spacial score (nSPS) is 32.0. The summed E-state index contributed by atoms with van der Waals surface area (Å²) in [6, 6.07) is 9.25. The van der Waals surface area contributed by atoms with E-state index >= 15 is 0 Å². The lowest BCUT2D eigenvalue weighted by molar-refractivity contribution is -0.148. The Morgan fingerprint density at radius 3 is 2.78 bits per heavy atom. The predicted molar refractivity (Wildman–Crippen MR) is 108 cm³/mol. The molecule has 3 aliphatic heterocycles. The van der Waals surface area contributed by atoms with Crippen molar-refractivity contribution in [2.75, 3.05) is 25.5 Å². The number of fused-ring (bicyclic) bond motifs is 3. The third-order valence-corrected chi connectivity index (χ3v) is 6.57. The van der Waals surface area contributed by atoms with E-state index < -0.39 is 5.60 Å². The topological polar surface area (TPSA) is 32.8 Å². The summed E-state index contributed by atoms with van der Waals surface area (Å²) in [5.41, 5.74) is 4.20. The number of carbonyl (C=O) groups is 1. The summed E-state index contributed by atoms with van der Waals surface area (Å²) in [4.78, 5) is 16.9. The second kappa shape index (κ2) is 6.10. The van der Waals surface area contributed by atoms with Gasteiger partial charge >= 0.3 is 5.97 Å². The van der Waals surface area contributed by atoms with Crippen LogP contribution in [0.15, 0.2) is 53.6 Å². The van der Waals surface area contributed by atoms with Crippen LogP contribution in [-0.2, 0) is 9.53 Å². The van der Waals surface area contributed by atoms with E-state index in [2.05, 4.69) is 52.3 Å². The van der Waals surface area contributed by atoms with E-state index in [1.807, 2.05) is 14.1 Å². The van der Waals surface area contributed by atoms with Crippen LogP contribution in [-0.4, -0.2) is 49.2 Å². The van der Waals surface area contributed by atoms with E-state index in [4.69, 9.17) is 4.74 Å². The van der Waals surface area contributed by atoms with Crippen LogP contribution >= 0.6 is 0 Å². The maximum Gasteiger partial charge on any atom is 0.332 e. The predicted octanol–water partition coefficient (Wildman–Crippen LogP) is 3.55. The van der Waals surface area contributed by atoms with Gasteiger partial charge in [0.15, 0.2) is 5.60 Å². The number of hydrogen-bond acceptors (Lipinski definition) is 4. The van der Waals surface area contributed by atoms with Gasteiger partial charge in [-0.15, -0.1) is 0 Å². The molecule has 140 valence electrons. The molecule has 0 amide bonds. The Bertz CT molecular complexity index is 865. The summed E-state index contributed by atoms with van der Waals surface area (Å²) in [6.07, 6.45) is 12.9. The minimum atomic E-state index is -0.411. The molecule has 2 bridgehead atoms. The van der Waals surface area contributed by atoms with Gasteiger partial charge in [-0.25, -0.2) is 4.79 Å². The fourth-order valence-corrected chi connectivity index (χ4v) is 5.31. The van der Waals surface area contributed by atoms with Crippen molar-refractivity contribution in [1.29, 1.82) is 0 Å². The van der Waals surface area contributed by atoms with E-state index in [0.717, 1.165) is 36.1 Å². The van der Waals surface area contributed by atoms with Crippen molar-refractivity contribution < 1.29 is 9.53 Å². The first-order valence-corrected chi connectivity index (χ1v) is 9.95. The van der Waals surface area contributed by atoms with Crippen LogP contribution in [0.3, 0.4) is 0 Å². The molecule has 4 nitrogen and oxygen atoms in total. The molecule has 3 atom stereocenters. The van der Waals surface area contributed by atoms with Crippen molar-refractivity contribution in [2.24, 2.45) is 0 Å². The lowest BCUT2D eigenvalue weighted by atomic mass is 9.76. The molecule has 4 aliphatic rings. The zero-order valence-corrected chi connectivity index (χ0v) is 16.0. The van der Waals surface area contributed by atoms with Crippen LogP contribution < -0.4 is 4.90 Å². The molecule has 1 aliphatic carbocycles. The second-order valence-corrected chi connectivity index (χ2v) is 8.33. The number of anilines is 1. The van der Waals surface area contributed by atoms with Gasteiger partial charge < -0.3 is 9.64 Å². The van der Waals surface area contributed by atoms with Crippen LogP contribution in [0, 0.1) is 0 Å². The summed E-state index contributed by atoms with van der Waals surface area (Å²) in [5, 5.41) is 0. The molecule has 1 aromatic rings. The fourth-order valence-electron chi connectivity index (χ4n) is 5.31. The number of esters is 1. The standard InChI is InChI=1S/C23H26N2O2/c1-24(2)18-10-7-16(8-11-18)6-9-17-13-19-15-23(20(17)14-22(26)27-23)21-5-3-4-12-25(19)21/h6-11,13-14,19,21H,3-5,12,15H2,1-2H3/t19-,21-,23+/m1/s1. The van der Waals surface area contributed by atoms with Gasteiger partial charge in [0.05, 0.1) is 6.04 Å². The summed E-state index contributed by atoms with van der Waals surface area (Å²) >= 11 is 0. The fraction of sp³-hybridized carbons (Fsp3) is 0.435. The molecule has 3 heterocycles. The van der Waals surface area contributed by atoms with Gasteiger partial charge in [0, 0.05) is 43.9 Å². The van der Waals surface area contributed by atoms with Crippen molar-refractivity contribution in [3.05, 3.63) is 59.2 Å².